The number of benzene rings is 1. The van der Waals surface area contributed by atoms with E-state index in [0.29, 0.717) is 16.7 Å². The zero-order valence-corrected chi connectivity index (χ0v) is 10.3. The Morgan fingerprint density at radius 1 is 1.35 bits per heavy atom. The Balaban J connectivity index is 3.00. The van der Waals surface area contributed by atoms with E-state index >= 15 is 0 Å². The average molecular weight is 252 g/mol. The predicted molar refractivity (Wildman–Crippen MR) is 64.4 cm³/mol. The van der Waals surface area contributed by atoms with Crippen molar-refractivity contribution < 1.29 is 13.2 Å². The number of sulfonamides is 1. The lowest BCUT2D eigenvalue weighted by Crippen LogP contribution is -2.13. The summed E-state index contributed by atoms with van der Waals surface area (Å²) in [6, 6.07) is 5.38. The highest BCUT2D eigenvalue weighted by Gasteiger charge is 2.17. The second-order valence-corrected chi connectivity index (χ2v) is 5.20. The molecule has 0 amide bonds. The summed E-state index contributed by atoms with van der Waals surface area (Å²) in [6.07, 6.45) is 1.23. The van der Waals surface area contributed by atoms with Crippen LogP contribution in [0.15, 0.2) is 29.3 Å². The van der Waals surface area contributed by atoms with E-state index in [9.17, 15) is 8.42 Å². The minimum atomic E-state index is -3.79. The lowest BCUT2D eigenvalue weighted by molar-refractivity contribution is 0.403. The van der Waals surface area contributed by atoms with Gasteiger partial charge in [-0.25, -0.2) is 18.5 Å². The molecule has 17 heavy (non-hydrogen) atoms. The Bertz CT molecular complexity index is 680. The first-order chi connectivity index (χ1) is 7.95. The van der Waals surface area contributed by atoms with Gasteiger partial charge in [0.2, 0.25) is 15.9 Å². The van der Waals surface area contributed by atoms with Crippen LogP contribution in [-0.4, -0.2) is 20.5 Å². The summed E-state index contributed by atoms with van der Waals surface area (Å²) in [7, 11) is -2.31. The maximum absolute atomic E-state index is 11.5. The molecule has 2 rings (SSSR count). The number of nitrogens with zero attached hydrogens (tertiary/aromatic N) is 1. The molecule has 90 valence electrons. The second kappa shape index (κ2) is 3.97. The van der Waals surface area contributed by atoms with E-state index in [-0.39, 0.29) is 4.90 Å². The van der Waals surface area contributed by atoms with Gasteiger partial charge >= 0.3 is 0 Å². The standard InChI is InChI=1S/C11H12N2O3S/c1-7-4-3-5-8-10(7)9(17(12,14)15)6-13-11(8)16-2/h3-6H,1-2H3,(H2,12,14,15). The third kappa shape index (κ3) is 1.96. The number of primary sulfonamides is 1. The van der Waals surface area contributed by atoms with Crippen LogP contribution >= 0.6 is 0 Å². The Kier molecular flexibility index (Phi) is 2.76. The molecule has 0 aliphatic heterocycles. The summed E-state index contributed by atoms with van der Waals surface area (Å²) in [6.45, 7) is 1.82. The highest BCUT2D eigenvalue weighted by Crippen LogP contribution is 2.30. The van der Waals surface area contributed by atoms with Gasteiger partial charge in [0.05, 0.1) is 13.3 Å². The molecule has 0 bridgehead atoms. The van der Waals surface area contributed by atoms with E-state index in [1.807, 2.05) is 19.1 Å². The van der Waals surface area contributed by atoms with Crippen molar-refractivity contribution >= 4 is 20.8 Å². The van der Waals surface area contributed by atoms with Crippen LogP contribution in [0.5, 0.6) is 5.88 Å². The summed E-state index contributed by atoms with van der Waals surface area (Å²) < 4.78 is 28.1. The van der Waals surface area contributed by atoms with E-state index < -0.39 is 10.0 Å². The molecule has 0 unspecified atom stereocenters. The number of hydrogen-bond acceptors (Lipinski definition) is 4. The molecule has 5 nitrogen and oxygen atoms in total. The van der Waals surface area contributed by atoms with Crippen molar-refractivity contribution in [2.24, 2.45) is 5.14 Å². The van der Waals surface area contributed by atoms with Crippen molar-refractivity contribution in [2.75, 3.05) is 7.11 Å². The SMILES string of the molecule is COc1ncc(S(N)(=O)=O)c2c(C)cccc12. The minimum Gasteiger partial charge on any atom is -0.481 e. The quantitative estimate of drug-likeness (QED) is 0.870. The van der Waals surface area contributed by atoms with Crippen LogP contribution in [0.25, 0.3) is 10.8 Å². The first kappa shape index (κ1) is 11.8. The van der Waals surface area contributed by atoms with Gasteiger partial charge in [0.1, 0.15) is 4.90 Å². The molecule has 2 N–H and O–H groups in total. The van der Waals surface area contributed by atoms with Gasteiger partial charge in [0, 0.05) is 10.8 Å². The van der Waals surface area contributed by atoms with Crippen molar-refractivity contribution in [3.63, 3.8) is 0 Å². The topological polar surface area (TPSA) is 82.3 Å². The summed E-state index contributed by atoms with van der Waals surface area (Å²) in [5, 5.41) is 6.37. The number of aromatic nitrogens is 1. The van der Waals surface area contributed by atoms with E-state index in [4.69, 9.17) is 9.88 Å². The van der Waals surface area contributed by atoms with Crippen LogP contribution in [-0.2, 0) is 10.0 Å². The first-order valence-corrected chi connectivity index (χ1v) is 6.45. The van der Waals surface area contributed by atoms with Gasteiger partial charge < -0.3 is 4.74 Å². The van der Waals surface area contributed by atoms with E-state index in [1.54, 1.807) is 6.07 Å². The monoisotopic (exact) mass is 252 g/mol. The number of ether oxygens (including phenoxy) is 1. The summed E-state index contributed by atoms with van der Waals surface area (Å²) in [5.74, 6) is 0.385. The van der Waals surface area contributed by atoms with Crippen LogP contribution in [0, 0.1) is 6.92 Å². The van der Waals surface area contributed by atoms with E-state index in [0.717, 1.165) is 5.56 Å². The van der Waals surface area contributed by atoms with Crippen LogP contribution in [0.3, 0.4) is 0 Å². The van der Waals surface area contributed by atoms with Gasteiger partial charge in [-0.05, 0) is 18.6 Å². The average Bonchev–Trinajstić information content (AvgIpc) is 2.27. The maximum atomic E-state index is 11.5. The molecule has 1 aromatic carbocycles. The lowest BCUT2D eigenvalue weighted by atomic mass is 10.1. The van der Waals surface area contributed by atoms with Crippen molar-refractivity contribution in [3.05, 3.63) is 30.0 Å². The van der Waals surface area contributed by atoms with Crippen molar-refractivity contribution in [1.29, 1.82) is 0 Å². The normalized spacial score (nSPS) is 11.7. The highest BCUT2D eigenvalue weighted by atomic mass is 32.2. The maximum Gasteiger partial charge on any atom is 0.240 e. The Hall–Kier alpha value is -1.66. The van der Waals surface area contributed by atoms with Gasteiger partial charge in [-0.2, -0.15) is 0 Å². The molecule has 2 aromatic rings. The lowest BCUT2D eigenvalue weighted by Gasteiger charge is -2.10. The molecule has 6 heteroatoms. The minimum absolute atomic E-state index is 0.0198. The fourth-order valence-corrected chi connectivity index (χ4v) is 2.56. The zero-order chi connectivity index (χ0) is 12.6. The van der Waals surface area contributed by atoms with Gasteiger partial charge in [0.25, 0.3) is 0 Å². The van der Waals surface area contributed by atoms with Gasteiger partial charge in [-0.1, -0.05) is 12.1 Å². The largest absolute Gasteiger partial charge is 0.481 e. The molecule has 1 heterocycles. The number of methoxy groups -OCH3 is 1. The van der Waals surface area contributed by atoms with Gasteiger partial charge in [-0.3, -0.25) is 0 Å². The fourth-order valence-electron chi connectivity index (χ4n) is 1.80. The number of nitrogens with two attached hydrogens (primary N) is 1. The number of aryl methyl sites for hydroxylation is 1. The number of fused-ring (bicyclic) bond motifs is 1. The Morgan fingerprint density at radius 3 is 2.65 bits per heavy atom. The third-order valence-electron chi connectivity index (χ3n) is 2.55. The smallest absolute Gasteiger partial charge is 0.240 e. The number of hydrogen-bond donors (Lipinski definition) is 1. The molecule has 0 saturated heterocycles. The van der Waals surface area contributed by atoms with Gasteiger partial charge in [0.15, 0.2) is 0 Å². The summed E-state index contributed by atoms with van der Waals surface area (Å²) in [5.41, 5.74) is 0.812. The Labute approximate surface area is 99.3 Å². The molecule has 0 saturated carbocycles. The van der Waals surface area contributed by atoms with Crippen LogP contribution < -0.4 is 9.88 Å². The van der Waals surface area contributed by atoms with Crippen molar-refractivity contribution in [2.45, 2.75) is 11.8 Å². The van der Waals surface area contributed by atoms with Crippen LogP contribution in [0.1, 0.15) is 5.56 Å². The highest BCUT2D eigenvalue weighted by molar-refractivity contribution is 7.89. The summed E-state index contributed by atoms with van der Waals surface area (Å²) >= 11 is 0. The molecule has 0 aliphatic carbocycles. The number of pyridine rings is 1. The molecule has 0 fully saturated rings. The molecule has 0 aliphatic rings. The summed E-state index contributed by atoms with van der Waals surface area (Å²) in [4.78, 5) is 3.97. The predicted octanol–water partition coefficient (Wildman–Crippen LogP) is 1.20. The third-order valence-corrected chi connectivity index (χ3v) is 3.47. The van der Waals surface area contributed by atoms with Crippen LogP contribution in [0.2, 0.25) is 0 Å². The fraction of sp³-hybridized carbons (Fsp3) is 0.182. The first-order valence-electron chi connectivity index (χ1n) is 4.90. The number of rotatable bonds is 2. The van der Waals surface area contributed by atoms with Crippen LogP contribution in [0.4, 0.5) is 0 Å². The molecule has 0 atom stereocenters. The Morgan fingerprint density at radius 2 is 2.06 bits per heavy atom. The molecule has 0 radical (unpaired) electrons. The molecule has 1 aromatic heterocycles. The zero-order valence-electron chi connectivity index (χ0n) is 9.47. The molecular weight excluding hydrogens is 240 g/mol. The van der Waals surface area contributed by atoms with Crippen molar-refractivity contribution in [1.82, 2.24) is 4.98 Å². The van der Waals surface area contributed by atoms with E-state index in [1.165, 1.54) is 13.3 Å². The van der Waals surface area contributed by atoms with Gasteiger partial charge in [-0.15, -0.1) is 0 Å². The molecular formula is C11H12N2O3S. The van der Waals surface area contributed by atoms with Crippen molar-refractivity contribution in [3.8, 4) is 5.88 Å². The molecule has 0 spiro atoms. The van der Waals surface area contributed by atoms with E-state index in [2.05, 4.69) is 4.98 Å². The second-order valence-electron chi connectivity index (χ2n) is 3.67.